The Balaban J connectivity index is 3.13. The lowest BCUT2D eigenvalue weighted by molar-refractivity contribution is 1.30. The van der Waals surface area contributed by atoms with Crippen LogP contribution in [0, 0.1) is 6.92 Å². The highest BCUT2D eigenvalue weighted by atomic mass is 28.3. The molecule has 4 heteroatoms. The zero-order valence-electron chi connectivity index (χ0n) is 12.8. The van der Waals surface area contributed by atoms with Gasteiger partial charge in [-0.15, -0.1) is 0 Å². The minimum Gasteiger partial charge on any atom is -0.396 e. The van der Waals surface area contributed by atoms with Crippen molar-refractivity contribution in [2.75, 3.05) is 0 Å². The second-order valence-electron chi connectivity index (χ2n) is 6.87. The molecule has 0 spiro atoms. The Kier molecular flexibility index (Phi) is 4.56. The molecule has 0 saturated heterocycles. The fraction of sp³-hybridized carbons (Fsp3) is 0.500. The van der Waals surface area contributed by atoms with E-state index in [4.69, 9.17) is 4.66 Å². The van der Waals surface area contributed by atoms with Crippen LogP contribution in [0.1, 0.15) is 11.1 Å². The molecular formula is C14H26N2Si2. The van der Waals surface area contributed by atoms with Gasteiger partial charge in [0.15, 0.2) is 8.24 Å². The van der Waals surface area contributed by atoms with Crippen LogP contribution in [0.2, 0.25) is 39.3 Å². The number of hydrogen-bond acceptors (Lipinski definition) is 1. The molecule has 1 aromatic rings. The van der Waals surface area contributed by atoms with Crippen molar-refractivity contribution in [3.8, 4) is 0 Å². The Morgan fingerprint density at radius 2 is 1.44 bits per heavy atom. The Morgan fingerprint density at radius 3 is 1.83 bits per heavy atom. The first-order valence-corrected chi connectivity index (χ1v) is 13.5. The summed E-state index contributed by atoms with van der Waals surface area (Å²) in [5.41, 5.74) is 2.50. The topological polar surface area (TPSA) is 24.4 Å². The molecule has 0 aromatic heterocycles. The first-order chi connectivity index (χ1) is 8.07. The second kappa shape index (κ2) is 5.40. The van der Waals surface area contributed by atoms with Gasteiger partial charge < -0.3 is 9.64 Å². The predicted molar refractivity (Wildman–Crippen MR) is 87.5 cm³/mol. The molecule has 0 saturated carbocycles. The van der Waals surface area contributed by atoms with Gasteiger partial charge in [0.05, 0.1) is 0 Å². The number of amidine groups is 1. The minimum absolute atomic E-state index is 1.09. The molecule has 2 nitrogen and oxygen atoms in total. The fourth-order valence-corrected chi connectivity index (χ4v) is 3.44. The summed E-state index contributed by atoms with van der Waals surface area (Å²) in [6.07, 6.45) is 0. The van der Waals surface area contributed by atoms with Crippen LogP contribution < -0.4 is 4.98 Å². The quantitative estimate of drug-likeness (QED) is 0.504. The van der Waals surface area contributed by atoms with Crippen LogP contribution in [-0.4, -0.2) is 22.3 Å². The van der Waals surface area contributed by atoms with Gasteiger partial charge in [-0.05, 0) is 26.6 Å². The summed E-state index contributed by atoms with van der Waals surface area (Å²) in [6, 6.07) is 8.64. The highest BCUT2D eigenvalue weighted by Crippen LogP contribution is 2.10. The van der Waals surface area contributed by atoms with E-state index in [1.54, 1.807) is 0 Å². The van der Waals surface area contributed by atoms with Crippen LogP contribution in [0.25, 0.3) is 0 Å². The molecule has 0 radical (unpaired) electrons. The van der Waals surface area contributed by atoms with Gasteiger partial charge >= 0.3 is 0 Å². The summed E-state index contributed by atoms with van der Waals surface area (Å²) in [5, 5.41) is 0. The molecule has 18 heavy (non-hydrogen) atoms. The molecule has 0 bridgehead atoms. The van der Waals surface area contributed by atoms with Gasteiger partial charge in [0.25, 0.3) is 0 Å². The molecule has 0 unspecified atom stereocenters. The summed E-state index contributed by atoms with van der Waals surface area (Å²) in [6.45, 7) is 15.8. The van der Waals surface area contributed by atoms with E-state index in [1.807, 2.05) is 0 Å². The van der Waals surface area contributed by atoms with Gasteiger partial charge in [0.1, 0.15) is 14.1 Å². The molecule has 100 valence electrons. The SMILES string of the molecule is Cc1ccc(/C(=N\[Si](C)(C)C)N[Si](C)(C)C)cc1. The van der Waals surface area contributed by atoms with Crippen molar-refractivity contribution >= 4 is 22.3 Å². The lowest BCUT2D eigenvalue weighted by Gasteiger charge is -2.24. The van der Waals surface area contributed by atoms with E-state index in [0.717, 1.165) is 5.84 Å². The van der Waals surface area contributed by atoms with E-state index in [0.29, 0.717) is 0 Å². The summed E-state index contributed by atoms with van der Waals surface area (Å²) >= 11 is 0. The number of nitrogens with one attached hydrogen (secondary N) is 1. The van der Waals surface area contributed by atoms with E-state index < -0.39 is 16.5 Å². The molecule has 0 heterocycles. The van der Waals surface area contributed by atoms with Crippen LogP contribution in [-0.2, 0) is 0 Å². The van der Waals surface area contributed by atoms with Gasteiger partial charge in [0, 0.05) is 5.56 Å². The van der Waals surface area contributed by atoms with Gasteiger partial charge in [-0.1, -0.05) is 49.5 Å². The molecule has 1 aromatic carbocycles. The standard InChI is InChI=1S/C14H26N2Si2/c1-12-8-10-13(11-9-12)14(15-17(2,3)4)16-18(5,6)7/h8-11H,1-7H3,(H,15,16). The highest BCUT2D eigenvalue weighted by Gasteiger charge is 2.20. The van der Waals surface area contributed by atoms with Crippen LogP contribution >= 0.6 is 0 Å². The third-order valence-corrected chi connectivity index (χ3v) is 4.15. The smallest absolute Gasteiger partial charge is 0.175 e. The summed E-state index contributed by atoms with van der Waals surface area (Å²) < 4.78 is 4.97. The van der Waals surface area contributed by atoms with Crippen molar-refractivity contribution < 1.29 is 0 Å². The lowest BCUT2D eigenvalue weighted by atomic mass is 10.1. The second-order valence-corrected chi connectivity index (χ2v) is 16.2. The normalized spacial score (nSPS) is 13.6. The number of aryl methyl sites for hydroxylation is 1. The van der Waals surface area contributed by atoms with Gasteiger partial charge in [-0.3, -0.25) is 0 Å². The number of benzene rings is 1. The minimum atomic E-state index is -1.47. The van der Waals surface area contributed by atoms with E-state index in [2.05, 4.69) is 75.5 Å². The average Bonchev–Trinajstić information content (AvgIpc) is 2.13. The van der Waals surface area contributed by atoms with Crippen LogP contribution in [0.15, 0.2) is 28.9 Å². The van der Waals surface area contributed by atoms with E-state index in [9.17, 15) is 0 Å². The van der Waals surface area contributed by atoms with Crippen molar-refractivity contribution in [3.63, 3.8) is 0 Å². The Morgan fingerprint density at radius 1 is 0.944 bits per heavy atom. The lowest BCUT2D eigenvalue weighted by Crippen LogP contribution is -2.47. The van der Waals surface area contributed by atoms with Gasteiger partial charge in [-0.25, -0.2) is 0 Å². The zero-order valence-corrected chi connectivity index (χ0v) is 14.8. The number of hydrogen-bond donors (Lipinski definition) is 1. The van der Waals surface area contributed by atoms with E-state index >= 15 is 0 Å². The summed E-state index contributed by atoms with van der Waals surface area (Å²) in [4.78, 5) is 3.67. The fourth-order valence-electron chi connectivity index (χ4n) is 1.57. The monoisotopic (exact) mass is 278 g/mol. The van der Waals surface area contributed by atoms with Crippen LogP contribution in [0.5, 0.6) is 0 Å². The molecule has 0 atom stereocenters. The molecule has 0 amide bonds. The average molecular weight is 279 g/mol. The predicted octanol–water partition coefficient (Wildman–Crippen LogP) is 4.00. The summed E-state index contributed by atoms with van der Waals surface area (Å²) in [5.74, 6) is 1.09. The molecule has 1 N–H and O–H groups in total. The third kappa shape index (κ3) is 5.64. The Hall–Kier alpha value is -0.876. The maximum atomic E-state index is 4.97. The van der Waals surface area contributed by atoms with Crippen molar-refractivity contribution in [1.82, 2.24) is 4.98 Å². The number of nitrogens with zero attached hydrogens (tertiary/aromatic N) is 1. The third-order valence-electron chi connectivity index (χ3n) is 2.27. The van der Waals surface area contributed by atoms with Crippen molar-refractivity contribution in [2.45, 2.75) is 46.2 Å². The first kappa shape index (κ1) is 15.2. The maximum absolute atomic E-state index is 4.97. The van der Waals surface area contributed by atoms with Crippen LogP contribution in [0.3, 0.4) is 0 Å². The Labute approximate surface area is 114 Å². The van der Waals surface area contributed by atoms with Crippen molar-refractivity contribution in [1.29, 1.82) is 0 Å². The van der Waals surface area contributed by atoms with Crippen molar-refractivity contribution in [3.05, 3.63) is 35.4 Å². The molecule has 0 aliphatic heterocycles. The summed E-state index contributed by atoms with van der Waals surface area (Å²) in [7, 11) is -2.84. The molecule has 1 rings (SSSR count). The molecule has 0 aliphatic carbocycles. The molecular weight excluding hydrogens is 252 g/mol. The van der Waals surface area contributed by atoms with Gasteiger partial charge in [0.2, 0.25) is 0 Å². The maximum Gasteiger partial charge on any atom is 0.175 e. The van der Waals surface area contributed by atoms with Gasteiger partial charge in [-0.2, -0.15) is 0 Å². The van der Waals surface area contributed by atoms with Crippen LogP contribution in [0.4, 0.5) is 0 Å². The van der Waals surface area contributed by atoms with E-state index in [1.165, 1.54) is 11.1 Å². The molecule has 0 fully saturated rings. The highest BCUT2D eigenvalue weighted by molar-refractivity contribution is 6.78. The largest absolute Gasteiger partial charge is 0.396 e. The molecule has 0 aliphatic rings. The first-order valence-electron chi connectivity index (χ1n) is 6.52. The van der Waals surface area contributed by atoms with E-state index in [-0.39, 0.29) is 0 Å². The zero-order chi connectivity index (χ0) is 14.0. The van der Waals surface area contributed by atoms with Crippen molar-refractivity contribution in [2.24, 2.45) is 4.66 Å². The Bertz CT molecular complexity index is 423. The number of rotatable bonds is 3.